The highest BCUT2D eigenvalue weighted by molar-refractivity contribution is 7.90. The number of hydrogen-bond acceptors (Lipinski definition) is 5. The van der Waals surface area contributed by atoms with E-state index in [1.165, 1.54) is 12.1 Å². The number of nitrogens with zero attached hydrogens (tertiary/aromatic N) is 1. The Labute approximate surface area is 190 Å². The number of hydrogen-bond donors (Lipinski definition) is 1. The highest BCUT2D eigenvalue weighted by Gasteiger charge is 2.27. The van der Waals surface area contributed by atoms with Gasteiger partial charge in [0.05, 0.1) is 11.5 Å². The molecule has 0 fully saturated rings. The number of nitrogens with one attached hydrogen (secondary N) is 1. The predicted molar refractivity (Wildman–Crippen MR) is 125 cm³/mol. The zero-order valence-electron chi connectivity index (χ0n) is 19.3. The number of carbonyl (C=O) groups excluding carboxylic acids is 2. The summed E-state index contributed by atoms with van der Waals surface area (Å²) in [5.74, 6) is -0.0426. The molecule has 0 aliphatic carbocycles. The van der Waals surface area contributed by atoms with Gasteiger partial charge in [0.1, 0.15) is 11.8 Å². The van der Waals surface area contributed by atoms with Crippen molar-refractivity contribution >= 4 is 21.7 Å². The van der Waals surface area contributed by atoms with Crippen LogP contribution < -0.4 is 10.1 Å². The second-order valence-corrected chi connectivity index (χ2v) is 10.2. The van der Waals surface area contributed by atoms with Gasteiger partial charge in [0, 0.05) is 25.4 Å². The Morgan fingerprint density at radius 3 is 2.41 bits per heavy atom. The fourth-order valence-corrected chi connectivity index (χ4v) is 3.85. The zero-order valence-corrected chi connectivity index (χ0v) is 20.1. The van der Waals surface area contributed by atoms with Crippen LogP contribution in [0.1, 0.15) is 36.2 Å². The molecule has 0 aliphatic heterocycles. The molecule has 1 N–H and O–H groups in total. The first kappa shape index (κ1) is 25.4. The van der Waals surface area contributed by atoms with Crippen LogP contribution in [0, 0.1) is 12.8 Å². The summed E-state index contributed by atoms with van der Waals surface area (Å²) in [6.07, 6.45) is 1.71. The molecule has 2 rings (SSSR count). The fraction of sp³-hybridized carbons (Fsp3) is 0.417. The molecule has 0 radical (unpaired) electrons. The third-order valence-corrected chi connectivity index (χ3v) is 6.24. The van der Waals surface area contributed by atoms with Gasteiger partial charge in [0.2, 0.25) is 5.91 Å². The molecule has 0 aromatic heterocycles. The van der Waals surface area contributed by atoms with E-state index in [-0.39, 0.29) is 22.6 Å². The first-order valence-electron chi connectivity index (χ1n) is 10.5. The number of sulfone groups is 1. The van der Waals surface area contributed by atoms with Crippen molar-refractivity contribution in [3.05, 3.63) is 59.7 Å². The predicted octanol–water partition coefficient (Wildman–Crippen LogP) is 3.08. The van der Waals surface area contributed by atoms with Crippen LogP contribution >= 0.6 is 0 Å². The smallest absolute Gasteiger partial charge is 0.252 e. The quantitative estimate of drug-likeness (QED) is 0.550. The monoisotopic (exact) mass is 460 g/mol. The molecule has 174 valence electrons. The van der Waals surface area contributed by atoms with Gasteiger partial charge in [-0.1, -0.05) is 38.1 Å². The van der Waals surface area contributed by atoms with Gasteiger partial charge in [0.25, 0.3) is 5.91 Å². The lowest BCUT2D eigenvalue weighted by Gasteiger charge is -2.27. The molecule has 2 amide bonds. The average Bonchev–Trinajstić information content (AvgIpc) is 2.74. The summed E-state index contributed by atoms with van der Waals surface area (Å²) in [7, 11) is -1.60. The minimum Gasteiger partial charge on any atom is -0.493 e. The minimum absolute atomic E-state index is 0.0760. The van der Waals surface area contributed by atoms with Crippen LogP contribution in [0.2, 0.25) is 0 Å². The molecule has 32 heavy (non-hydrogen) atoms. The SMILES string of the molecule is Cc1ccccc1C(=O)NC(C(=O)N(C)CCCOc1cccc(S(C)(=O)=O)c1)C(C)C. The molecule has 8 heteroatoms. The molecule has 0 saturated heterocycles. The molecule has 7 nitrogen and oxygen atoms in total. The summed E-state index contributed by atoms with van der Waals surface area (Å²) < 4.78 is 29.0. The van der Waals surface area contributed by atoms with Gasteiger partial charge in [0.15, 0.2) is 9.84 Å². The standard InChI is InChI=1S/C24H32N2O5S/c1-17(2)22(25-23(27)21-13-7-6-10-18(21)3)24(28)26(4)14-9-15-31-19-11-8-12-20(16-19)32(5,29)30/h6-8,10-13,16-17,22H,9,14-15H2,1-5H3,(H,25,27). The van der Waals surface area contributed by atoms with Crippen molar-refractivity contribution < 1.29 is 22.7 Å². The van der Waals surface area contributed by atoms with Crippen molar-refractivity contribution in [1.29, 1.82) is 0 Å². The maximum atomic E-state index is 13.0. The lowest BCUT2D eigenvalue weighted by atomic mass is 10.0. The van der Waals surface area contributed by atoms with Crippen LogP contribution in [0.25, 0.3) is 0 Å². The number of benzene rings is 2. The van der Waals surface area contributed by atoms with E-state index in [4.69, 9.17) is 4.74 Å². The van der Waals surface area contributed by atoms with Crippen molar-refractivity contribution in [3.8, 4) is 5.75 Å². The number of rotatable bonds is 10. The summed E-state index contributed by atoms with van der Waals surface area (Å²) in [6, 6.07) is 13.0. The van der Waals surface area contributed by atoms with E-state index < -0.39 is 15.9 Å². The van der Waals surface area contributed by atoms with Crippen LogP contribution in [0.5, 0.6) is 5.75 Å². The first-order valence-corrected chi connectivity index (χ1v) is 12.4. The number of carbonyl (C=O) groups is 2. The molecule has 0 saturated carbocycles. The molecule has 2 aromatic rings. The van der Waals surface area contributed by atoms with Crippen LogP contribution in [0.4, 0.5) is 0 Å². The molecule has 2 aromatic carbocycles. The lowest BCUT2D eigenvalue weighted by Crippen LogP contribution is -2.50. The normalized spacial score (nSPS) is 12.3. The van der Waals surface area contributed by atoms with Gasteiger partial charge in [-0.3, -0.25) is 9.59 Å². The van der Waals surface area contributed by atoms with E-state index in [2.05, 4.69) is 5.32 Å². The lowest BCUT2D eigenvalue weighted by molar-refractivity contribution is -0.133. The summed E-state index contributed by atoms with van der Waals surface area (Å²) in [6.45, 7) is 6.42. The molecule has 1 unspecified atom stereocenters. The molecular formula is C24H32N2O5S. The Morgan fingerprint density at radius 2 is 1.78 bits per heavy atom. The molecule has 0 spiro atoms. The van der Waals surface area contributed by atoms with Crippen LogP contribution in [-0.4, -0.2) is 57.6 Å². The van der Waals surface area contributed by atoms with Crippen molar-refractivity contribution in [2.45, 2.75) is 38.1 Å². The van der Waals surface area contributed by atoms with Gasteiger partial charge < -0.3 is 15.0 Å². The van der Waals surface area contributed by atoms with Crippen molar-refractivity contribution in [3.63, 3.8) is 0 Å². The van der Waals surface area contributed by atoms with Crippen LogP contribution in [0.15, 0.2) is 53.4 Å². The Kier molecular flexibility index (Phi) is 8.83. The van der Waals surface area contributed by atoms with Gasteiger partial charge in [-0.2, -0.15) is 0 Å². The molecular weight excluding hydrogens is 428 g/mol. The van der Waals surface area contributed by atoms with E-state index in [1.54, 1.807) is 36.2 Å². The van der Waals surface area contributed by atoms with E-state index in [0.717, 1.165) is 11.8 Å². The second kappa shape index (κ2) is 11.1. The van der Waals surface area contributed by atoms with E-state index in [9.17, 15) is 18.0 Å². The summed E-state index contributed by atoms with van der Waals surface area (Å²) in [5.41, 5.74) is 1.41. The highest BCUT2D eigenvalue weighted by Crippen LogP contribution is 2.17. The third-order valence-electron chi connectivity index (χ3n) is 5.13. The highest BCUT2D eigenvalue weighted by atomic mass is 32.2. The number of ether oxygens (including phenoxy) is 1. The number of likely N-dealkylation sites (N-methyl/N-ethyl adjacent to an activating group) is 1. The minimum atomic E-state index is -3.30. The van der Waals surface area contributed by atoms with Crippen molar-refractivity contribution in [2.75, 3.05) is 26.5 Å². The summed E-state index contributed by atoms with van der Waals surface area (Å²) in [5, 5.41) is 2.87. The van der Waals surface area contributed by atoms with Gasteiger partial charge in [-0.15, -0.1) is 0 Å². The van der Waals surface area contributed by atoms with Crippen molar-refractivity contribution in [2.24, 2.45) is 5.92 Å². The Hall–Kier alpha value is -2.87. The Morgan fingerprint density at radius 1 is 1.09 bits per heavy atom. The van der Waals surface area contributed by atoms with Crippen molar-refractivity contribution in [1.82, 2.24) is 10.2 Å². The second-order valence-electron chi connectivity index (χ2n) is 8.22. The van der Waals surface area contributed by atoms with E-state index in [0.29, 0.717) is 30.9 Å². The topological polar surface area (TPSA) is 92.8 Å². The molecule has 0 bridgehead atoms. The van der Waals surface area contributed by atoms with Gasteiger partial charge in [-0.25, -0.2) is 8.42 Å². The average molecular weight is 461 g/mol. The zero-order chi connectivity index (χ0) is 23.9. The van der Waals surface area contributed by atoms with Crippen LogP contribution in [0.3, 0.4) is 0 Å². The first-order chi connectivity index (χ1) is 15.0. The molecule has 0 aliphatic rings. The van der Waals surface area contributed by atoms with E-state index in [1.807, 2.05) is 32.9 Å². The summed E-state index contributed by atoms with van der Waals surface area (Å²) >= 11 is 0. The maximum absolute atomic E-state index is 13.0. The number of aryl methyl sites for hydroxylation is 1. The largest absolute Gasteiger partial charge is 0.493 e. The van der Waals surface area contributed by atoms with E-state index >= 15 is 0 Å². The molecule has 1 atom stereocenters. The Bertz CT molecular complexity index is 1050. The maximum Gasteiger partial charge on any atom is 0.252 e. The third kappa shape index (κ3) is 7.09. The summed E-state index contributed by atoms with van der Waals surface area (Å²) in [4.78, 5) is 27.4. The van der Waals surface area contributed by atoms with Crippen LogP contribution in [-0.2, 0) is 14.6 Å². The molecule has 0 heterocycles. The van der Waals surface area contributed by atoms with Gasteiger partial charge in [-0.05, 0) is 49.1 Å². The number of amides is 2. The fourth-order valence-electron chi connectivity index (χ4n) is 3.19. The van der Waals surface area contributed by atoms with Gasteiger partial charge >= 0.3 is 0 Å². The Balaban J connectivity index is 1.91.